The second-order valence-electron chi connectivity index (χ2n) is 7.08. The Hall–Kier alpha value is -2.41. The maximum atomic E-state index is 12.6. The Balaban J connectivity index is 1.60. The van der Waals surface area contributed by atoms with Crippen molar-refractivity contribution in [2.45, 2.75) is 6.04 Å². The van der Waals surface area contributed by atoms with Gasteiger partial charge in [0.15, 0.2) is 0 Å². The minimum Gasteiger partial charge on any atom is -0.468 e. The normalized spacial score (nSPS) is 16.2. The number of piperazine rings is 1. The molecular weight excluding hydrogens is 390 g/mol. The van der Waals surface area contributed by atoms with E-state index in [-0.39, 0.29) is 11.9 Å². The molecule has 0 N–H and O–H groups in total. The van der Waals surface area contributed by atoms with Gasteiger partial charge in [-0.25, -0.2) is 4.79 Å². The van der Waals surface area contributed by atoms with Gasteiger partial charge in [-0.1, -0.05) is 41.9 Å². The molecular formula is C22H26ClN3O3. The second-order valence-corrected chi connectivity index (χ2v) is 7.51. The van der Waals surface area contributed by atoms with Crippen LogP contribution in [0.1, 0.15) is 11.6 Å². The van der Waals surface area contributed by atoms with E-state index in [2.05, 4.69) is 9.80 Å². The first-order valence-electron chi connectivity index (χ1n) is 9.61. The minimum atomic E-state index is -0.470. The average molecular weight is 416 g/mol. The molecule has 1 heterocycles. The quantitative estimate of drug-likeness (QED) is 0.679. The molecule has 0 spiro atoms. The fraction of sp³-hybridized carbons (Fsp3) is 0.364. The van der Waals surface area contributed by atoms with Gasteiger partial charge in [0.2, 0.25) is 5.91 Å². The molecule has 1 aliphatic heterocycles. The van der Waals surface area contributed by atoms with E-state index in [1.807, 2.05) is 42.5 Å². The molecule has 0 aliphatic carbocycles. The van der Waals surface area contributed by atoms with Crippen molar-refractivity contribution < 1.29 is 14.3 Å². The third-order valence-corrected chi connectivity index (χ3v) is 5.51. The molecule has 1 atom stereocenters. The highest BCUT2D eigenvalue weighted by molar-refractivity contribution is 6.30. The summed E-state index contributed by atoms with van der Waals surface area (Å²) >= 11 is 5.98. The number of carbonyl (C=O) groups excluding carboxylic acids is 2. The lowest BCUT2D eigenvalue weighted by Gasteiger charge is -2.38. The summed E-state index contributed by atoms with van der Waals surface area (Å²) in [6.45, 7) is 3.10. The van der Waals surface area contributed by atoms with Crippen LogP contribution in [-0.2, 0) is 14.3 Å². The molecule has 3 rings (SSSR count). The molecule has 1 amide bonds. The maximum Gasteiger partial charge on any atom is 0.327 e. The molecule has 0 radical (unpaired) electrons. The van der Waals surface area contributed by atoms with Crippen LogP contribution in [0.3, 0.4) is 0 Å². The number of hydrogen-bond acceptors (Lipinski definition) is 5. The Kier molecular flexibility index (Phi) is 7.25. The minimum absolute atomic E-state index is 0.0480. The van der Waals surface area contributed by atoms with Crippen LogP contribution >= 0.6 is 11.6 Å². The summed E-state index contributed by atoms with van der Waals surface area (Å²) in [6, 6.07) is 16.4. The van der Waals surface area contributed by atoms with Crippen molar-refractivity contribution in [1.82, 2.24) is 9.80 Å². The van der Waals surface area contributed by atoms with Crippen LogP contribution in [0.25, 0.3) is 0 Å². The number of para-hydroxylation sites is 1. The van der Waals surface area contributed by atoms with E-state index in [4.69, 9.17) is 16.3 Å². The predicted octanol–water partition coefficient (Wildman–Crippen LogP) is 2.83. The fourth-order valence-electron chi connectivity index (χ4n) is 3.53. The molecule has 29 heavy (non-hydrogen) atoms. The van der Waals surface area contributed by atoms with Crippen molar-refractivity contribution in [2.75, 3.05) is 51.8 Å². The van der Waals surface area contributed by atoms with Gasteiger partial charge in [0.25, 0.3) is 0 Å². The van der Waals surface area contributed by atoms with Gasteiger partial charge < -0.3 is 9.64 Å². The number of benzene rings is 2. The van der Waals surface area contributed by atoms with Crippen LogP contribution in [0.4, 0.5) is 5.69 Å². The highest BCUT2D eigenvalue weighted by atomic mass is 35.5. The van der Waals surface area contributed by atoms with E-state index in [0.717, 1.165) is 11.3 Å². The standard InChI is InChI=1S/C22H26ClN3O3/c1-24(19-6-4-3-5-7-19)20(27)16-25-12-14-26(15-13-25)21(22(28)29-2)17-8-10-18(23)11-9-17/h3-11,21H,12-16H2,1-2H3. The van der Waals surface area contributed by atoms with Crippen LogP contribution in [0.2, 0.25) is 5.02 Å². The molecule has 0 bridgehead atoms. The van der Waals surface area contributed by atoms with E-state index >= 15 is 0 Å². The zero-order chi connectivity index (χ0) is 20.8. The number of methoxy groups -OCH3 is 1. The Morgan fingerprint density at radius 1 is 1.03 bits per heavy atom. The van der Waals surface area contributed by atoms with Crippen LogP contribution in [0.5, 0.6) is 0 Å². The van der Waals surface area contributed by atoms with E-state index in [9.17, 15) is 9.59 Å². The summed E-state index contributed by atoms with van der Waals surface area (Å²) < 4.78 is 5.03. The van der Waals surface area contributed by atoms with Crippen LogP contribution in [0.15, 0.2) is 54.6 Å². The molecule has 154 valence electrons. The molecule has 1 saturated heterocycles. The maximum absolute atomic E-state index is 12.6. The number of amides is 1. The van der Waals surface area contributed by atoms with E-state index in [0.29, 0.717) is 37.7 Å². The molecule has 0 saturated carbocycles. The summed E-state index contributed by atoms with van der Waals surface area (Å²) in [5.41, 5.74) is 1.74. The van der Waals surface area contributed by atoms with Crippen LogP contribution < -0.4 is 4.90 Å². The fourth-order valence-corrected chi connectivity index (χ4v) is 3.65. The zero-order valence-electron chi connectivity index (χ0n) is 16.8. The number of esters is 1. The van der Waals surface area contributed by atoms with Crippen molar-refractivity contribution in [1.29, 1.82) is 0 Å². The number of hydrogen-bond donors (Lipinski definition) is 0. The van der Waals surface area contributed by atoms with E-state index in [1.54, 1.807) is 24.1 Å². The third-order valence-electron chi connectivity index (χ3n) is 5.26. The molecule has 2 aromatic rings. The summed E-state index contributed by atoms with van der Waals surface area (Å²) in [4.78, 5) is 30.9. The van der Waals surface area contributed by atoms with Crippen molar-refractivity contribution in [3.05, 3.63) is 65.2 Å². The topological polar surface area (TPSA) is 53.1 Å². The van der Waals surface area contributed by atoms with E-state index in [1.165, 1.54) is 7.11 Å². The summed E-state index contributed by atoms with van der Waals surface area (Å²) in [5.74, 6) is -0.243. The van der Waals surface area contributed by atoms with Crippen molar-refractivity contribution in [3.8, 4) is 0 Å². The van der Waals surface area contributed by atoms with Gasteiger partial charge in [0.1, 0.15) is 6.04 Å². The number of rotatable bonds is 6. The highest BCUT2D eigenvalue weighted by Crippen LogP contribution is 2.25. The monoisotopic (exact) mass is 415 g/mol. The Bertz CT molecular complexity index is 821. The summed E-state index contributed by atoms with van der Waals surface area (Å²) in [7, 11) is 3.20. The molecule has 6 nitrogen and oxygen atoms in total. The smallest absolute Gasteiger partial charge is 0.327 e. The van der Waals surface area contributed by atoms with Gasteiger partial charge in [0.05, 0.1) is 13.7 Å². The molecule has 7 heteroatoms. The van der Waals surface area contributed by atoms with Gasteiger partial charge in [0, 0.05) is 43.9 Å². The highest BCUT2D eigenvalue weighted by Gasteiger charge is 2.31. The number of anilines is 1. The van der Waals surface area contributed by atoms with Crippen molar-refractivity contribution in [2.24, 2.45) is 0 Å². The first kappa shape index (κ1) is 21.3. The van der Waals surface area contributed by atoms with E-state index < -0.39 is 6.04 Å². The van der Waals surface area contributed by atoms with Crippen molar-refractivity contribution in [3.63, 3.8) is 0 Å². The molecule has 2 aromatic carbocycles. The van der Waals surface area contributed by atoms with Gasteiger partial charge in [-0.05, 0) is 29.8 Å². The molecule has 1 fully saturated rings. The average Bonchev–Trinajstić information content (AvgIpc) is 2.76. The largest absolute Gasteiger partial charge is 0.468 e. The predicted molar refractivity (Wildman–Crippen MR) is 114 cm³/mol. The molecule has 0 aromatic heterocycles. The van der Waals surface area contributed by atoms with Gasteiger partial charge >= 0.3 is 5.97 Å². The Labute approximate surface area is 176 Å². The zero-order valence-corrected chi connectivity index (χ0v) is 17.5. The molecule has 1 unspecified atom stereocenters. The second kappa shape index (κ2) is 9.87. The summed E-state index contributed by atoms with van der Waals surface area (Å²) in [5, 5.41) is 0.628. The lowest BCUT2D eigenvalue weighted by molar-refractivity contribution is -0.148. The third kappa shape index (κ3) is 5.35. The van der Waals surface area contributed by atoms with Gasteiger partial charge in [-0.15, -0.1) is 0 Å². The number of ether oxygens (including phenoxy) is 1. The summed E-state index contributed by atoms with van der Waals surface area (Å²) in [6.07, 6.45) is 0. The first-order valence-corrected chi connectivity index (χ1v) is 9.98. The Morgan fingerprint density at radius 3 is 2.24 bits per heavy atom. The van der Waals surface area contributed by atoms with Gasteiger partial charge in [-0.2, -0.15) is 0 Å². The van der Waals surface area contributed by atoms with Crippen LogP contribution in [0, 0.1) is 0 Å². The number of nitrogens with zero attached hydrogens (tertiary/aromatic N) is 3. The van der Waals surface area contributed by atoms with Gasteiger partial charge in [-0.3, -0.25) is 14.6 Å². The SMILES string of the molecule is COC(=O)C(c1ccc(Cl)cc1)N1CCN(CC(=O)N(C)c2ccccc2)CC1. The first-order chi connectivity index (χ1) is 14.0. The number of halogens is 1. The number of carbonyl (C=O) groups is 2. The van der Waals surface area contributed by atoms with Crippen LogP contribution in [-0.4, -0.2) is 68.6 Å². The Morgan fingerprint density at radius 2 is 1.66 bits per heavy atom. The van der Waals surface area contributed by atoms with Crippen molar-refractivity contribution >= 4 is 29.2 Å². The lowest BCUT2D eigenvalue weighted by atomic mass is 10.0. The molecule has 1 aliphatic rings. The number of likely N-dealkylation sites (N-methyl/N-ethyl adjacent to an activating group) is 1. The lowest BCUT2D eigenvalue weighted by Crippen LogP contribution is -2.51.